The number of aliphatic hydroxyl groups is 1. The Bertz CT molecular complexity index is 114. The summed E-state index contributed by atoms with van der Waals surface area (Å²) in [5.41, 5.74) is 0. The molecule has 0 atom stereocenters. The third kappa shape index (κ3) is 45.2. The predicted octanol–water partition coefficient (Wildman–Crippen LogP) is 5.89. The van der Waals surface area contributed by atoms with Crippen molar-refractivity contribution in [3.8, 4) is 0 Å². The molecule has 0 radical (unpaired) electrons. The van der Waals surface area contributed by atoms with E-state index in [1.165, 1.54) is 38.5 Å². The summed E-state index contributed by atoms with van der Waals surface area (Å²) in [5, 5.41) is 8.47. The van der Waals surface area contributed by atoms with E-state index < -0.39 is 0 Å². The maximum absolute atomic E-state index is 8.47. The monoisotopic (exact) mass is 256 g/mol. The number of allylic oxidation sites excluding steroid dienone is 2. The molecule has 0 aromatic rings. The van der Waals surface area contributed by atoms with Crippen molar-refractivity contribution in [2.75, 3.05) is 6.61 Å². The molecule has 0 saturated carbocycles. The lowest BCUT2D eigenvalue weighted by atomic mass is 10.1. The summed E-state index contributed by atoms with van der Waals surface area (Å²) in [7, 11) is 0. The number of aliphatic hydroxyl groups excluding tert-OH is 1. The van der Waals surface area contributed by atoms with Crippen LogP contribution in [0.25, 0.3) is 0 Å². The highest BCUT2D eigenvalue weighted by Gasteiger charge is 1.88. The molecular formula is C17H36O. The lowest BCUT2D eigenvalue weighted by Gasteiger charge is -1.97. The van der Waals surface area contributed by atoms with Crippen molar-refractivity contribution in [1.29, 1.82) is 0 Å². The first-order valence-corrected chi connectivity index (χ1v) is 7.57. The molecule has 0 aromatic heterocycles. The van der Waals surface area contributed by atoms with Gasteiger partial charge in [0, 0.05) is 6.61 Å². The topological polar surface area (TPSA) is 20.2 Å². The van der Waals surface area contributed by atoms with E-state index in [-0.39, 0.29) is 0 Å². The normalized spacial score (nSPS) is 8.44. The molecule has 110 valence electrons. The van der Waals surface area contributed by atoms with Crippen LogP contribution in [0.3, 0.4) is 0 Å². The van der Waals surface area contributed by atoms with E-state index in [4.69, 9.17) is 5.11 Å². The summed E-state index contributed by atoms with van der Waals surface area (Å²) in [6.07, 6.45) is 14.8. The maximum Gasteiger partial charge on any atom is 0.0431 e. The quantitative estimate of drug-likeness (QED) is 0.402. The zero-order valence-corrected chi connectivity index (χ0v) is 13.1. The second kappa shape index (κ2) is 29.9. The number of rotatable bonds is 9. The van der Waals surface area contributed by atoms with Gasteiger partial charge in [-0.05, 0) is 19.3 Å². The fourth-order valence-corrected chi connectivity index (χ4v) is 1.07. The van der Waals surface area contributed by atoms with Crippen LogP contribution in [-0.2, 0) is 0 Å². The molecule has 0 aliphatic heterocycles. The SMILES string of the molecule is C=CCC.C=CCC.CCCCCCCCCO. The molecule has 0 saturated heterocycles. The second-order valence-corrected chi connectivity index (χ2v) is 4.24. The number of hydrogen-bond donors (Lipinski definition) is 1. The van der Waals surface area contributed by atoms with Gasteiger partial charge in [0.15, 0.2) is 0 Å². The Morgan fingerprint density at radius 3 is 1.33 bits per heavy atom. The molecule has 0 spiro atoms. The van der Waals surface area contributed by atoms with Crippen LogP contribution in [0, 0.1) is 0 Å². The van der Waals surface area contributed by atoms with Gasteiger partial charge in [0.2, 0.25) is 0 Å². The van der Waals surface area contributed by atoms with Crippen LogP contribution in [0.2, 0.25) is 0 Å². The van der Waals surface area contributed by atoms with E-state index in [0.717, 1.165) is 19.3 Å². The zero-order chi connectivity index (χ0) is 14.5. The molecule has 0 bridgehead atoms. The van der Waals surface area contributed by atoms with E-state index in [1.807, 2.05) is 12.2 Å². The van der Waals surface area contributed by atoms with E-state index >= 15 is 0 Å². The molecule has 0 rings (SSSR count). The van der Waals surface area contributed by atoms with Crippen molar-refractivity contribution >= 4 is 0 Å². The third-order valence-electron chi connectivity index (χ3n) is 2.34. The first kappa shape index (κ1) is 22.6. The highest BCUT2D eigenvalue weighted by Crippen LogP contribution is 2.05. The number of hydrogen-bond acceptors (Lipinski definition) is 1. The Morgan fingerprint density at radius 2 is 1.06 bits per heavy atom. The zero-order valence-electron chi connectivity index (χ0n) is 13.1. The summed E-state index contributed by atoms with van der Waals surface area (Å²) in [4.78, 5) is 0. The summed E-state index contributed by atoms with van der Waals surface area (Å²) in [5.74, 6) is 0. The molecule has 0 aromatic carbocycles. The second-order valence-electron chi connectivity index (χ2n) is 4.24. The first-order chi connectivity index (χ1) is 8.74. The third-order valence-corrected chi connectivity index (χ3v) is 2.34. The highest BCUT2D eigenvalue weighted by molar-refractivity contribution is 4.60. The van der Waals surface area contributed by atoms with Gasteiger partial charge in [0.1, 0.15) is 0 Å². The van der Waals surface area contributed by atoms with Gasteiger partial charge in [-0.15, -0.1) is 13.2 Å². The van der Waals surface area contributed by atoms with E-state index in [9.17, 15) is 0 Å². The predicted molar refractivity (Wildman–Crippen MR) is 86.1 cm³/mol. The van der Waals surface area contributed by atoms with Gasteiger partial charge < -0.3 is 5.11 Å². The fourth-order valence-electron chi connectivity index (χ4n) is 1.07. The lowest BCUT2D eigenvalue weighted by Crippen LogP contribution is -1.83. The Hall–Kier alpha value is -0.560. The minimum atomic E-state index is 0.369. The average Bonchev–Trinajstić information content (AvgIpc) is 2.43. The van der Waals surface area contributed by atoms with Gasteiger partial charge in [0.25, 0.3) is 0 Å². The van der Waals surface area contributed by atoms with Crippen molar-refractivity contribution in [3.63, 3.8) is 0 Å². The summed E-state index contributed by atoms with van der Waals surface area (Å²) >= 11 is 0. The molecule has 0 fully saturated rings. The standard InChI is InChI=1S/C9H20O.2C4H8/c1-2-3-4-5-6-7-8-9-10;2*1-3-4-2/h10H,2-9H2,1H3;2*3H,1,4H2,2H3. The van der Waals surface area contributed by atoms with Crippen molar-refractivity contribution in [3.05, 3.63) is 25.3 Å². The lowest BCUT2D eigenvalue weighted by molar-refractivity contribution is 0.282. The minimum absolute atomic E-state index is 0.369. The van der Waals surface area contributed by atoms with Crippen molar-refractivity contribution in [1.82, 2.24) is 0 Å². The van der Waals surface area contributed by atoms with E-state index in [0.29, 0.717) is 6.61 Å². The smallest absolute Gasteiger partial charge is 0.0431 e. The van der Waals surface area contributed by atoms with Crippen LogP contribution in [0.5, 0.6) is 0 Å². The van der Waals surface area contributed by atoms with Gasteiger partial charge in [0.05, 0.1) is 0 Å². The number of unbranched alkanes of at least 4 members (excludes halogenated alkanes) is 6. The van der Waals surface area contributed by atoms with Gasteiger partial charge in [-0.2, -0.15) is 0 Å². The van der Waals surface area contributed by atoms with Gasteiger partial charge in [-0.3, -0.25) is 0 Å². The highest BCUT2D eigenvalue weighted by atomic mass is 16.2. The molecule has 1 N–H and O–H groups in total. The average molecular weight is 256 g/mol. The molecule has 0 amide bonds. The molecule has 18 heavy (non-hydrogen) atoms. The van der Waals surface area contributed by atoms with E-state index in [2.05, 4.69) is 33.9 Å². The molecule has 0 aliphatic carbocycles. The van der Waals surface area contributed by atoms with Crippen LogP contribution in [-0.4, -0.2) is 11.7 Å². The minimum Gasteiger partial charge on any atom is -0.396 e. The first-order valence-electron chi connectivity index (χ1n) is 7.57. The van der Waals surface area contributed by atoms with E-state index in [1.54, 1.807) is 0 Å². The molecular weight excluding hydrogens is 220 g/mol. The Kier molecular flexibility index (Phi) is 37.6. The van der Waals surface area contributed by atoms with Gasteiger partial charge in [-0.25, -0.2) is 0 Å². The van der Waals surface area contributed by atoms with Crippen molar-refractivity contribution in [2.24, 2.45) is 0 Å². The maximum atomic E-state index is 8.47. The molecule has 0 heterocycles. The molecule has 0 unspecified atom stereocenters. The fraction of sp³-hybridized carbons (Fsp3) is 0.765. The summed E-state index contributed by atoms with van der Waals surface area (Å²) in [6, 6.07) is 0. The van der Waals surface area contributed by atoms with Gasteiger partial charge >= 0.3 is 0 Å². The van der Waals surface area contributed by atoms with Crippen LogP contribution in [0.1, 0.15) is 78.6 Å². The van der Waals surface area contributed by atoms with Crippen molar-refractivity contribution < 1.29 is 5.11 Å². The molecule has 1 nitrogen and oxygen atoms in total. The Labute approximate surface area is 116 Å². The molecule has 0 aliphatic rings. The Balaban J connectivity index is -0.000000233. The van der Waals surface area contributed by atoms with Crippen LogP contribution >= 0.6 is 0 Å². The van der Waals surface area contributed by atoms with Crippen LogP contribution < -0.4 is 0 Å². The van der Waals surface area contributed by atoms with Crippen molar-refractivity contribution in [2.45, 2.75) is 78.6 Å². The Morgan fingerprint density at radius 1 is 0.722 bits per heavy atom. The van der Waals surface area contributed by atoms with Gasteiger partial charge in [-0.1, -0.05) is 71.4 Å². The van der Waals surface area contributed by atoms with Crippen LogP contribution in [0.4, 0.5) is 0 Å². The summed E-state index contributed by atoms with van der Waals surface area (Å²) < 4.78 is 0. The largest absolute Gasteiger partial charge is 0.396 e. The van der Waals surface area contributed by atoms with Crippen LogP contribution in [0.15, 0.2) is 25.3 Å². The summed E-state index contributed by atoms with van der Waals surface area (Å²) in [6.45, 7) is 13.7. The molecule has 1 heteroatoms.